The summed E-state index contributed by atoms with van der Waals surface area (Å²) in [4.78, 5) is 12.5. The SMILES string of the molecule is COC(CNC(=O)C(C)(N)c1ccccc1)c1ccc(Cl)cc1.Cl. The van der Waals surface area contributed by atoms with Gasteiger partial charge in [-0.15, -0.1) is 12.4 Å². The number of hydrogen-bond acceptors (Lipinski definition) is 3. The maximum absolute atomic E-state index is 12.5. The van der Waals surface area contributed by atoms with Crippen molar-refractivity contribution in [3.63, 3.8) is 0 Å². The molecule has 2 aromatic rings. The number of nitrogens with one attached hydrogen (secondary N) is 1. The lowest BCUT2D eigenvalue weighted by Crippen LogP contribution is -2.49. The van der Waals surface area contributed by atoms with Gasteiger partial charge in [0.05, 0.1) is 6.10 Å². The summed E-state index contributed by atoms with van der Waals surface area (Å²) in [6.07, 6.45) is -0.261. The molecular formula is C18H22Cl2N2O2. The molecule has 2 atom stereocenters. The first-order valence-corrected chi connectivity index (χ1v) is 7.74. The lowest BCUT2D eigenvalue weighted by Gasteiger charge is -2.25. The van der Waals surface area contributed by atoms with Gasteiger partial charge in [0, 0.05) is 18.7 Å². The van der Waals surface area contributed by atoms with E-state index in [9.17, 15) is 4.79 Å². The second-order valence-corrected chi connectivity index (χ2v) is 5.99. The molecule has 3 N–H and O–H groups in total. The minimum Gasteiger partial charge on any atom is -0.375 e. The maximum Gasteiger partial charge on any atom is 0.244 e. The fourth-order valence-electron chi connectivity index (χ4n) is 2.30. The van der Waals surface area contributed by atoms with E-state index in [1.165, 1.54) is 0 Å². The smallest absolute Gasteiger partial charge is 0.244 e. The van der Waals surface area contributed by atoms with Crippen molar-refractivity contribution in [2.45, 2.75) is 18.6 Å². The normalized spacial score (nSPS) is 14.2. The summed E-state index contributed by atoms with van der Waals surface area (Å²) in [6, 6.07) is 16.6. The van der Waals surface area contributed by atoms with E-state index in [4.69, 9.17) is 22.1 Å². The third kappa shape index (κ3) is 4.95. The molecule has 2 aromatic carbocycles. The molecule has 6 heteroatoms. The highest BCUT2D eigenvalue weighted by atomic mass is 35.5. The van der Waals surface area contributed by atoms with Crippen LogP contribution in [0.15, 0.2) is 54.6 Å². The Hall–Kier alpha value is -1.59. The van der Waals surface area contributed by atoms with Gasteiger partial charge in [-0.05, 0) is 30.2 Å². The van der Waals surface area contributed by atoms with Gasteiger partial charge in [0.1, 0.15) is 5.54 Å². The Labute approximate surface area is 153 Å². The van der Waals surface area contributed by atoms with Crippen LogP contribution in [0, 0.1) is 0 Å². The summed E-state index contributed by atoms with van der Waals surface area (Å²) in [6.45, 7) is 2.03. The van der Waals surface area contributed by atoms with Crippen molar-refractivity contribution in [1.29, 1.82) is 0 Å². The fraction of sp³-hybridized carbons (Fsp3) is 0.278. The van der Waals surface area contributed by atoms with Crippen molar-refractivity contribution < 1.29 is 9.53 Å². The van der Waals surface area contributed by atoms with E-state index in [1.54, 1.807) is 26.2 Å². The van der Waals surface area contributed by atoms with Crippen molar-refractivity contribution in [3.05, 3.63) is 70.7 Å². The highest BCUT2D eigenvalue weighted by Crippen LogP contribution is 2.20. The van der Waals surface area contributed by atoms with E-state index in [0.717, 1.165) is 11.1 Å². The third-order valence-corrected chi connectivity index (χ3v) is 4.07. The zero-order chi connectivity index (χ0) is 16.9. The van der Waals surface area contributed by atoms with Gasteiger partial charge in [-0.3, -0.25) is 4.79 Å². The van der Waals surface area contributed by atoms with Crippen LogP contribution in [0.2, 0.25) is 5.02 Å². The second kappa shape index (κ2) is 9.04. The van der Waals surface area contributed by atoms with Gasteiger partial charge in [0.25, 0.3) is 0 Å². The molecule has 0 heterocycles. The zero-order valence-electron chi connectivity index (χ0n) is 13.7. The predicted molar refractivity (Wildman–Crippen MR) is 99.4 cm³/mol. The standard InChI is InChI=1S/C18H21ClN2O2.ClH/c1-18(20,14-6-4-3-5-7-14)17(22)21-12-16(23-2)13-8-10-15(19)11-9-13;/h3-11,16H,12,20H2,1-2H3,(H,21,22);1H. The molecule has 2 rings (SSSR count). The molecule has 1 amide bonds. The number of methoxy groups -OCH3 is 1. The van der Waals surface area contributed by atoms with Gasteiger partial charge < -0.3 is 15.8 Å². The number of benzene rings is 2. The monoisotopic (exact) mass is 368 g/mol. The van der Waals surface area contributed by atoms with E-state index in [0.29, 0.717) is 11.6 Å². The minimum atomic E-state index is -1.10. The molecule has 4 nitrogen and oxygen atoms in total. The highest BCUT2D eigenvalue weighted by molar-refractivity contribution is 6.30. The molecule has 0 fully saturated rings. The summed E-state index contributed by atoms with van der Waals surface area (Å²) in [7, 11) is 1.60. The largest absolute Gasteiger partial charge is 0.375 e. The number of hydrogen-bond donors (Lipinski definition) is 2. The number of halogens is 2. The third-order valence-electron chi connectivity index (χ3n) is 3.82. The summed E-state index contributed by atoms with van der Waals surface area (Å²) < 4.78 is 5.45. The van der Waals surface area contributed by atoms with Crippen molar-refractivity contribution >= 4 is 29.9 Å². The van der Waals surface area contributed by atoms with Crippen LogP contribution in [0.4, 0.5) is 0 Å². The van der Waals surface area contributed by atoms with Crippen LogP contribution in [0.1, 0.15) is 24.2 Å². The summed E-state index contributed by atoms with van der Waals surface area (Å²) in [5.41, 5.74) is 6.80. The van der Waals surface area contributed by atoms with Crippen molar-refractivity contribution in [3.8, 4) is 0 Å². The maximum atomic E-state index is 12.5. The van der Waals surface area contributed by atoms with Crippen LogP contribution in [0.5, 0.6) is 0 Å². The molecule has 24 heavy (non-hydrogen) atoms. The lowest BCUT2D eigenvalue weighted by molar-refractivity contribution is -0.126. The Bertz CT molecular complexity index is 646. The number of ether oxygens (including phenoxy) is 1. The minimum absolute atomic E-state index is 0. The number of nitrogens with two attached hydrogens (primary N) is 1. The molecule has 0 aliphatic heterocycles. The van der Waals surface area contributed by atoms with E-state index in [2.05, 4.69) is 5.32 Å². The Morgan fingerprint density at radius 2 is 1.79 bits per heavy atom. The Morgan fingerprint density at radius 1 is 1.21 bits per heavy atom. The molecule has 0 bridgehead atoms. The molecule has 0 aromatic heterocycles. The first-order chi connectivity index (χ1) is 10.9. The van der Waals surface area contributed by atoms with E-state index >= 15 is 0 Å². The average molecular weight is 369 g/mol. The molecule has 0 saturated carbocycles. The highest BCUT2D eigenvalue weighted by Gasteiger charge is 2.30. The van der Waals surface area contributed by atoms with Gasteiger partial charge in [0.15, 0.2) is 0 Å². The zero-order valence-corrected chi connectivity index (χ0v) is 15.2. The van der Waals surface area contributed by atoms with Crippen LogP contribution in [0.25, 0.3) is 0 Å². The number of amides is 1. The number of carbonyl (C=O) groups excluding carboxylic acids is 1. The van der Waals surface area contributed by atoms with E-state index in [1.807, 2.05) is 42.5 Å². The van der Waals surface area contributed by atoms with Gasteiger partial charge in [-0.2, -0.15) is 0 Å². The molecule has 0 saturated heterocycles. The van der Waals surface area contributed by atoms with E-state index in [-0.39, 0.29) is 24.4 Å². The van der Waals surface area contributed by atoms with Crippen molar-refractivity contribution in [2.24, 2.45) is 5.73 Å². The average Bonchev–Trinajstić information content (AvgIpc) is 2.57. The van der Waals surface area contributed by atoms with Gasteiger partial charge in [-0.1, -0.05) is 54.1 Å². The van der Waals surface area contributed by atoms with Gasteiger partial charge in [-0.25, -0.2) is 0 Å². The molecule has 130 valence electrons. The van der Waals surface area contributed by atoms with Crippen LogP contribution in [0.3, 0.4) is 0 Å². The summed E-state index contributed by atoms with van der Waals surface area (Å²) in [5, 5.41) is 3.52. The van der Waals surface area contributed by atoms with Gasteiger partial charge >= 0.3 is 0 Å². The van der Waals surface area contributed by atoms with E-state index < -0.39 is 5.54 Å². The van der Waals surface area contributed by atoms with Crippen molar-refractivity contribution in [1.82, 2.24) is 5.32 Å². The first-order valence-electron chi connectivity index (χ1n) is 7.36. The predicted octanol–water partition coefficient (Wildman–Crippen LogP) is 3.44. The van der Waals surface area contributed by atoms with Gasteiger partial charge in [0.2, 0.25) is 5.91 Å². The Morgan fingerprint density at radius 3 is 2.33 bits per heavy atom. The second-order valence-electron chi connectivity index (χ2n) is 5.55. The number of carbonyl (C=O) groups is 1. The van der Waals surface area contributed by atoms with Crippen LogP contribution in [-0.2, 0) is 15.1 Å². The fourth-order valence-corrected chi connectivity index (χ4v) is 2.43. The van der Waals surface area contributed by atoms with Crippen LogP contribution < -0.4 is 11.1 Å². The Balaban J connectivity index is 0.00000288. The molecular weight excluding hydrogens is 347 g/mol. The van der Waals surface area contributed by atoms with Crippen LogP contribution >= 0.6 is 24.0 Å². The van der Waals surface area contributed by atoms with Crippen molar-refractivity contribution in [2.75, 3.05) is 13.7 Å². The van der Waals surface area contributed by atoms with Crippen LogP contribution in [-0.4, -0.2) is 19.6 Å². The molecule has 2 unspecified atom stereocenters. The summed E-state index contributed by atoms with van der Waals surface area (Å²) >= 11 is 5.89. The first kappa shape index (κ1) is 20.5. The quantitative estimate of drug-likeness (QED) is 0.820. The number of rotatable bonds is 6. The lowest BCUT2D eigenvalue weighted by atomic mass is 9.92. The summed E-state index contributed by atoms with van der Waals surface area (Å²) in [5.74, 6) is -0.250. The Kier molecular flexibility index (Phi) is 7.70. The molecule has 0 aliphatic rings. The molecule has 0 spiro atoms. The molecule has 0 aliphatic carbocycles. The topological polar surface area (TPSA) is 64.3 Å². The molecule has 0 radical (unpaired) electrons.